The molecule has 1 aromatic heterocycles. The molecule has 0 unspecified atom stereocenters. The summed E-state index contributed by atoms with van der Waals surface area (Å²) in [6.07, 6.45) is 3.22. The third-order valence-electron chi connectivity index (χ3n) is 4.44. The molecule has 0 aliphatic heterocycles. The Kier molecular flexibility index (Phi) is 6.24. The lowest BCUT2D eigenvalue weighted by Gasteiger charge is -2.26. The first-order chi connectivity index (χ1) is 11.5. The lowest BCUT2D eigenvalue weighted by molar-refractivity contribution is 0.475. The van der Waals surface area contributed by atoms with Crippen LogP contribution in [0.5, 0.6) is 5.75 Å². The highest BCUT2D eigenvalue weighted by Crippen LogP contribution is 2.32. The van der Waals surface area contributed by atoms with Crippen molar-refractivity contribution in [3.63, 3.8) is 0 Å². The van der Waals surface area contributed by atoms with Crippen LogP contribution in [0.4, 0.5) is 5.69 Å². The summed E-state index contributed by atoms with van der Waals surface area (Å²) in [6.45, 7) is 12.9. The molecule has 1 N–H and O–H groups in total. The minimum absolute atomic E-state index is 0.305. The monoisotopic (exact) mass is 326 g/mol. The van der Waals surface area contributed by atoms with E-state index in [2.05, 4.69) is 38.7 Å². The Hall–Kier alpha value is -2.03. The van der Waals surface area contributed by atoms with Crippen molar-refractivity contribution in [2.45, 2.75) is 53.9 Å². The topological polar surface area (TPSA) is 36.4 Å². The van der Waals surface area contributed by atoms with Crippen LogP contribution < -0.4 is 4.90 Å². The van der Waals surface area contributed by atoms with Crippen LogP contribution in [0.2, 0.25) is 0 Å². The normalized spacial score (nSPS) is 10.9. The molecule has 3 heteroatoms. The van der Waals surface area contributed by atoms with Crippen molar-refractivity contribution in [3.8, 4) is 17.0 Å². The number of aromatic nitrogens is 1. The fourth-order valence-electron chi connectivity index (χ4n) is 3.26. The maximum atomic E-state index is 9.67. The first-order valence-corrected chi connectivity index (χ1v) is 9.07. The SMILES string of the molecule is CCCN(CCC)c1cc(CC)c(-c2ccc(O)cc2C)nc1C. The number of hydrogen-bond acceptors (Lipinski definition) is 3. The largest absolute Gasteiger partial charge is 0.508 e. The fourth-order valence-corrected chi connectivity index (χ4v) is 3.26. The van der Waals surface area contributed by atoms with Gasteiger partial charge in [0, 0.05) is 18.7 Å². The van der Waals surface area contributed by atoms with Crippen molar-refractivity contribution in [2.75, 3.05) is 18.0 Å². The van der Waals surface area contributed by atoms with Crippen molar-refractivity contribution >= 4 is 5.69 Å². The van der Waals surface area contributed by atoms with E-state index in [0.29, 0.717) is 5.75 Å². The predicted molar refractivity (Wildman–Crippen MR) is 103 cm³/mol. The molecule has 1 heterocycles. The van der Waals surface area contributed by atoms with E-state index in [1.54, 1.807) is 12.1 Å². The van der Waals surface area contributed by atoms with Gasteiger partial charge in [-0.3, -0.25) is 4.98 Å². The van der Waals surface area contributed by atoms with Gasteiger partial charge < -0.3 is 10.0 Å². The second kappa shape index (κ2) is 8.18. The maximum Gasteiger partial charge on any atom is 0.115 e. The third kappa shape index (κ3) is 3.89. The molecule has 0 aliphatic rings. The average Bonchev–Trinajstić information content (AvgIpc) is 2.54. The summed E-state index contributed by atoms with van der Waals surface area (Å²) in [5.74, 6) is 0.305. The van der Waals surface area contributed by atoms with Crippen molar-refractivity contribution in [1.29, 1.82) is 0 Å². The Balaban J connectivity index is 2.54. The van der Waals surface area contributed by atoms with Gasteiger partial charge >= 0.3 is 0 Å². The van der Waals surface area contributed by atoms with Gasteiger partial charge in [0.1, 0.15) is 5.75 Å². The summed E-state index contributed by atoms with van der Waals surface area (Å²) in [7, 11) is 0. The zero-order chi connectivity index (χ0) is 17.7. The van der Waals surface area contributed by atoms with E-state index in [4.69, 9.17) is 4.98 Å². The van der Waals surface area contributed by atoms with Gasteiger partial charge in [-0.25, -0.2) is 0 Å². The van der Waals surface area contributed by atoms with Gasteiger partial charge in [-0.2, -0.15) is 0 Å². The molecule has 0 atom stereocenters. The summed E-state index contributed by atoms with van der Waals surface area (Å²) in [6, 6.07) is 7.84. The standard InChI is InChI=1S/C21H30N2O/c1-6-11-23(12-7-2)20-14-17(8-3)21(22-16(20)5)19-10-9-18(24)13-15(19)4/h9-10,13-14,24H,6-8,11-12H2,1-5H3. The van der Waals surface area contributed by atoms with Crippen LogP contribution >= 0.6 is 0 Å². The van der Waals surface area contributed by atoms with E-state index in [-0.39, 0.29) is 0 Å². The number of benzene rings is 1. The van der Waals surface area contributed by atoms with Gasteiger partial charge in [0.05, 0.1) is 17.1 Å². The van der Waals surface area contributed by atoms with Gasteiger partial charge in [0.15, 0.2) is 0 Å². The molecular weight excluding hydrogens is 296 g/mol. The number of aromatic hydroxyl groups is 1. The minimum atomic E-state index is 0.305. The summed E-state index contributed by atoms with van der Waals surface area (Å²) >= 11 is 0. The maximum absolute atomic E-state index is 9.67. The average molecular weight is 326 g/mol. The lowest BCUT2D eigenvalue weighted by Crippen LogP contribution is -2.26. The molecule has 24 heavy (non-hydrogen) atoms. The second-order valence-electron chi connectivity index (χ2n) is 6.44. The molecule has 0 fully saturated rings. The molecule has 2 rings (SSSR count). The van der Waals surface area contributed by atoms with E-state index in [0.717, 1.165) is 54.9 Å². The van der Waals surface area contributed by atoms with Crippen molar-refractivity contribution in [2.24, 2.45) is 0 Å². The quantitative estimate of drug-likeness (QED) is 0.754. The second-order valence-corrected chi connectivity index (χ2v) is 6.44. The van der Waals surface area contributed by atoms with Crippen molar-refractivity contribution < 1.29 is 5.11 Å². The van der Waals surface area contributed by atoms with Gasteiger partial charge in [-0.15, -0.1) is 0 Å². The molecule has 1 aromatic carbocycles. The zero-order valence-electron chi connectivity index (χ0n) is 15.7. The lowest BCUT2D eigenvalue weighted by atomic mass is 9.98. The molecule has 0 saturated carbocycles. The van der Waals surface area contributed by atoms with E-state index < -0.39 is 0 Å². The van der Waals surface area contributed by atoms with Crippen LogP contribution in [0.3, 0.4) is 0 Å². The van der Waals surface area contributed by atoms with Crippen LogP contribution in [-0.4, -0.2) is 23.2 Å². The van der Waals surface area contributed by atoms with Gasteiger partial charge in [0.25, 0.3) is 0 Å². The van der Waals surface area contributed by atoms with Crippen LogP contribution in [0.15, 0.2) is 24.3 Å². The molecule has 0 radical (unpaired) electrons. The number of rotatable bonds is 7. The van der Waals surface area contributed by atoms with E-state index in [1.807, 2.05) is 13.0 Å². The Bertz CT molecular complexity index is 688. The van der Waals surface area contributed by atoms with E-state index in [9.17, 15) is 5.11 Å². The zero-order valence-corrected chi connectivity index (χ0v) is 15.7. The molecule has 130 valence electrons. The molecular formula is C21H30N2O. The summed E-state index contributed by atoms with van der Waals surface area (Å²) < 4.78 is 0. The first-order valence-electron chi connectivity index (χ1n) is 9.07. The number of phenolic OH excluding ortho intramolecular Hbond substituents is 1. The Morgan fingerprint density at radius 1 is 1.00 bits per heavy atom. The molecule has 2 aromatic rings. The summed E-state index contributed by atoms with van der Waals surface area (Å²) in [5, 5.41) is 9.67. The summed E-state index contributed by atoms with van der Waals surface area (Å²) in [4.78, 5) is 7.42. The number of hydrogen-bond donors (Lipinski definition) is 1. The van der Waals surface area contributed by atoms with Gasteiger partial charge in [-0.05, 0) is 68.5 Å². The molecule has 0 spiro atoms. The number of aryl methyl sites for hydroxylation is 3. The van der Waals surface area contributed by atoms with E-state index in [1.165, 1.54) is 11.3 Å². The van der Waals surface area contributed by atoms with Crippen LogP contribution in [0.1, 0.15) is 50.4 Å². The molecule has 0 saturated heterocycles. The Morgan fingerprint density at radius 2 is 1.67 bits per heavy atom. The number of nitrogens with zero attached hydrogens (tertiary/aromatic N) is 2. The molecule has 0 aliphatic carbocycles. The fraction of sp³-hybridized carbons (Fsp3) is 0.476. The van der Waals surface area contributed by atoms with Crippen LogP contribution in [0, 0.1) is 13.8 Å². The van der Waals surface area contributed by atoms with Gasteiger partial charge in [-0.1, -0.05) is 20.8 Å². The highest BCUT2D eigenvalue weighted by molar-refractivity contribution is 5.71. The van der Waals surface area contributed by atoms with Crippen LogP contribution in [0.25, 0.3) is 11.3 Å². The van der Waals surface area contributed by atoms with E-state index >= 15 is 0 Å². The molecule has 3 nitrogen and oxygen atoms in total. The van der Waals surface area contributed by atoms with Crippen LogP contribution in [-0.2, 0) is 6.42 Å². The third-order valence-corrected chi connectivity index (χ3v) is 4.44. The molecule has 0 bridgehead atoms. The Morgan fingerprint density at radius 3 is 2.21 bits per heavy atom. The highest BCUT2D eigenvalue weighted by atomic mass is 16.3. The number of anilines is 1. The van der Waals surface area contributed by atoms with Gasteiger partial charge in [0.2, 0.25) is 0 Å². The van der Waals surface area contributed by atoms with Crippen molar-refractivity contribution in [1.82, 2.24) is 4.98 Å². The highest BCUT2D eigenvalue weighted by Gasteiger charge is 2.15. The van der Waals surface area contributed by atoms with Crippen molar-refractivity contribution in [3.05, 3.63) is 41.1 Å². The minimum Gasteiger partial charge on any atom is -0.508 e. The smallest absolute Gasteiger partial charge is 0.115 e. The molecule has 0 amide bonds. The Labute approximate surface area is 146 Å². The summed E-state index contributed by atoms with van der Waals surface area (Å²) in [5.41, 5.74) is 6.82. The number of pyridine rings is 1. The predicted octanol–water partition coefficient (Wildman–Crippen LogP) is 5.26. The first kappa shape index (κ1) is 18.3. The number of phenols is 1.